The van der Waals surface area contributed by atoms with Crippen molar-refractivity contribution in [1.29, 1.82) is 0 Å². The molecule has 0 spiro atoms. The van der Waals surface area contributed by atoms with E-state index in [4.69, 9.17) is 15.2 Å². The molecule has 5 heteroatoms. The number of ether oxygens (including phenoxy) is 2. The molecule has 0 amide bonds. The van der Waals surface area contributed by atoms with Gasteiger partial charge in [-0.1, -0.05) is 13.0 Å². The van der Waals surface area contributed by atoms with Gasteiger partial charge in [0, 0.05) is 19.1 Å². The van der Waals surface area contributed by atoms with E-state index in [0.29, 0.717) is 0 Å². The first-order valence-corrected chi connectivity index (χ1v) is 7.85. The number of hydrogen-bond donors (Lipinski definition) is 1. The van der Waals surface area contributed by atoms with E-state index < -0.39 is 0 Å². The van der Waals surface area contributed by atoms with Gasteiger partial charge in [0.25, 0.3) is 0 Å². The van der Waals surface area contributed by atoms with Gasteiger partial charge >= 0.3 is 0 Å². The van der Waals surface area contributed by atoms with Gasteiger partial charge in [0.2, 0.25) is 0 Å². The largest absolute Gasteiger partial charge is 0.496 e. The molecule has 0 saturated carbocycles. The Balaban J connectivity index is 1.96. The fourth-order valence-electron chi connectivity index (χ4n) is 2.52. The highest BCUT2D eigenvalue weighted by Crippen LogP contribution is 2.26. The maximum absolute atomic E-state index is 6.32. The first-order valence-electron chi connectivity index (χ1n) is 7.06. The van der Waals surface area contributed by atoms with Gasteiger partial charge in [-0.2, -0.15) is 0 Å². The molecule has 2 atom stereocenters. The van der Waals surface area contributed by atoms with Gasteiger partial charge in [0.15, 0.2) is 0 Å². The summed E-state index contributed by atoms with van der Waals surface area (Å²) in [5.41, 5.74) is 7.52. The fraction of sp³-hybridized carbons (Fsp3) is 0.600. The lowest BCUT2D eigenvalue weighted by Crippen LogP contribution is -2.51. The molecule has 20 heavy (non-hydrogen) atoms. The summed E-state index contributed by atoms with van der Waals surface area (Å²) in [7, 11) is 1.67. The number of methoxy groups -OCH3 is 1. The van der Waals surface area contributed by atoms with Crippen molar-refractivity contribution in [2.45, 2.75) is 25.5 Å². The molecule has 1 aromatic carbocycles. The number of nitrogens with two attached hydrogens (primary N) is 1. The minimum atomic E-state index is 0.0182. The molecule has 1 heterocycles. The van der Waals surface area contributed by atoms with Crippen LogP contribution in [0, 0.1) is 0 Å². The van der Waals surface area contributed by atoms with Crippen LogP contribution in [0.15, 0.2) is 22.7 Å². The predicted octanol–water partition coefficient (Wildman–Crippen LogP) is 2.05. The van der Waals surface area contributed by atoms with E-state index in [0.717, 1.165) is 42.9 Å². The second-order valence-corrected chi connectivity index (χ2v) is 5.99. The highest BCUT2D eigenvalue weighted by atomic mass is 79.9. The van der Waals surface area contributed by atoms with Gasteiger partial charge in [-0.15, -0.1) is 0 Å². The smallest absolute Gasteiger partial charge is 0.133 e. The molecule has 2 unspecified atom stereocenters. The third-order valence-corrected chi connectivity index (χ3v) is 4.41. The SMILES string of the molecule is CCN1CCOC(C(N)Cc2ccc(OC)c(Br)c2)C1. The van der Waals surface area contributed by atoms with E-state index in [9.17, 15) is 0 Å². The molecule has 2 N–H and O–H groups in total. The fourth-order valence-corrected chi connectivity index (χ4v) is 3.11. The Morgan fingerprint density at radius 1 is 1.55 bits per heavy atom. The predicted molar refractivity (Wildman–Crippen MR) is 84.2 cm³/mol. The lowest BCUT2D eigenvalue weighted by molar-refractivity contribution is -0.0385. The van der Waals surface area contributed by atoms with Gasteiger partial charge in [0.1, 0.15) is 5.75 Å². The van der Waals surface area contributed by atoms with Crippen LogP contribution < -0.4 is 10.5 Å². The van der Waals surface area contributed by atoms with Crippen molar-refractivity contribution in [1.82, 2.24) is 4.90 Å². The van der Waals surface area contributed by atoms with Gasteiger partial charge in [0.05, 0.1) is 24.3 Å². The summed E-state index contributed by atoms with van der Waals surface area (Å²) >= 11 is 3.51. The third-order valence-electron chi connectivity index (χ3n) is 3.79. The molecule has 2 rings (SSSR count). The van der Waals surface area contributed by atoms with Crippen molar-refractivity contribution in [2.24, 2.45) is 5.73 Å². The lowest BCUT2D eigenvalue weighted by Gasteiger charge is -2.35. The zero-order valence-corrected chi connectivity index (χ0v) is 13.7. The van der Waals surface area contributed by atoms with Crippen LogP contribution in [0.5, 0.6) is 5.75 Å². The minimum Gasteiger partial charge on any atom is -0.496 e. The molecular weight excluding hydrogens is 320 g/mol. The Kier molecular flexibility index (Phi) is 5.84. The molecule has 0 bridgehead atoms. The van der Waals surface area contributed by atoms with Crippen LogP contribution in [0.4, 0.5) is 0 Å². The highest BCUT2D eigenvalue weighted by Gasteiger charge is 2.25. The van der Waals surface area contributed by atoms with E-state index in [1.807, 2.05) is 6.07 Å². The maximum Gasteiger partial charge on any atom is 0.133 e. The highest BCUT2D eigenvalue weighted by molar-refractivity contribution is 9.10. The number of benzene rings is 1. The number of morpholine rings is 1. The van der Waals surface area contributed by atoms with Crippen molar-refractivity contribution in [3.63, 3.8) is 0 Å². The van der Waals surface area contributed by atoms with Gasteiger partial charge in [-0.05, 0) is 46.6 Å². The molecule has 112 valence electrons. The number of hydrogen-bond acceptors (Lipinski definition) is 4. The van der Waals surface area contributed by atoms with E-state index in [1.54, 1.807) is 7.11 Å². The molecule has 0 radical (unpaired) electrons. The van der Waals surface area contributed by atoms with Crippen LogP contribution >= 0.6 is 15.9 Å². The summed E-state index contributed by atoms with van der Waals surface area (Å²) in [5.74, 6) is 0.841. The molecule has 1 fully saturated rings. The van der Waals surface area contributed by atoms with Crippen LogP contribution in [-0.4, -0.2) is 50.4 Å². The van der Waals surface area contributed by atoms with Crippen LogP contribution in [0.3, 0.4) is 0 Å². The summed E-state index contributed by atoms with van der Waals surface area (Å²) in [6, 6.07) is 6.11. The third kappa shape index (κ3) is 3.95. The Hall–Kier alpha value is -0.620. The lowest BCUT2D eigenvalue weighted by atomic mass is 10.0. The molecule has 1 saturated heterocycles. The number of halogens is 1. The molecule has 1 aliphatic rings. The number of likely N-dealkylation sites (N-methyl/N-ethyl adjacent to an activating group) is 1. The van der Waals surface area contributed by atoms with E-state index in [2.05, 4.69) is 39.9 Å². The van der Waals surface area contributed by atoms with Gasteiger partial charge < -0.3 is 15.2 Å². The topological polar surface area (TPSA) is 47.7 Å². The molecule has 0 aromatic heterocycles. The summed E-state index contributed by atoms with van der Waals surface area (Å²) in [4.78, 5) is 2.39. The second kappa shape index (κ2) is 7.41. The normalized spacial score (nSPS) is 21.7. The van der Waals surface area contributed by atoms with Gasteiger partial charge in [-0.3, -0.25) is 4.90 Å². The molecule has 1 aromatic rings. The number of nitrogens with zero attached hydrogens (tertiary/aromatic N) is 1. The van der Waals surface area contributed by atoms with Crippen molar-refractivity contribution in [2.75, 3.05) is 33.4 Å². The van der Waals surface area contributed by atoms with E-state index in [1.165, 1.54) is 5.56 Å². The van der Waals surface area contributed by atoms with E-state index >= 15 is 0 Å². The Morgan fingerprint density at radius 2 is 2.35 bits per heavy atom. The first kappa shape index (κ1) is 15.8. The van der Waals surface area contributed by atoms with E-state index in [-0.39, 0.29) is 12.1 Å². The monoisotopic (exact) mass is 342 g/mol. The summed E-state index contributed by atoms with van der Waals surface area (Å²) < 4.78 is 12.0. The zero-order valence-electron chi connectivity index (χ0n) is 12.1. The zero-order chi connectivity index (χ0) is 14.5. The molecule has 0 aliphatic carbocycles. The Bertz CT molecular complexity index is 442. The molecular formula is C15H23BrN2O2. The maximum atomic E-state index is 6.32. The van der Waals surface area contributed by atoms with Crippen molar-refractivity contribution in [3.05, 3.63) is 28.2 Å². The van der Waals surface area contributed by atoms with Crippen LogP contribution in [0.25, 0.3) is 0 Å². The van der Waals surface area contributed by atoms with Crippen LogP contribution in [0.2, 0.25) is 0 Å². The molecule has 4 nitrogen and oxygen atoms in total. The van der Waals surface area contributed by atoms with Crippen molar-refractivity contribution in [3.8, 4) is 5.75 Å². The first-order chi connectivity index (χ1) is 9.63. The summed E-state index contributed by atoms with van der Waals surface area (Å²) in [6.07, 6.45) is 0.926. The van der Waals surface area contributed by atoms with Crippen molar-refractivity contribution < 1.29 is 9.47 Å². The van der Waals surface area contributed by atoms with Crippen molar-refractivity contribution >= 4 is 15.9 Å². The van der Waals surface area contributed by atoms with Crippen LogP contribution in [0.1, 0.15) is 12.5 Å². The minimum absolute atomic E-state index is 0.0182. The average Bonchev–Trinajstić information content (AvgIpc) is 2.47. The second-order valence-electron chi connectivity index (χ2n) is 5.14. The average molecular weight is 343 g/mol. The Labute approximate surface area is 129 Å². The summed E-state index contributed by atoms with van der Waals surface area (Å²) in [5, 5.41) is 0. The van der Waals surface area contributed by atoms with Gasteiger partial charge in [-0.25, -0.2) is 0 Å². The summed E-state index contributed by atoms with van der Waals surface area (Å²) in [6.45, 7) is 5.94. The quantitative estimate of drug-likeness (QED) is 0.889. The molecule has 1 aliphatic heterocycles. The number of rotatable bonds is 5. The Morgan fingerprint density at radius 3 is 3.00 bits per heavy atom. The van der Waals surface area contributed by atoms with Crippen LogP contribution in [-0.2, 0) is 11.2 Å². The standard InChI is InChI=1S/C15H23BrN2O2/c1-3-18-6-7-20-15(10-18)13(17)9-11-4-5-14(19-2)12(16)8-11/h4-5,8,13,15H,3,6-7,9-10,17H2,1-2H3.